The highest BCUT2D eigenvalue weighted by atomic mass is 15.2. The number of para-hydroxylation sites is 2. The molecule has 0 fully saturated rings. The molecule has 0 saturated carbocycles. The van der Waals surface area contributed by atoms with Gasteiger partial charge in [0.1, 0.15) is 0 Å². The second-order valence-electron chi connectivity index (χ2n) is 16.5. The van der Waals surface area contributed by atoms with Crippen molar-refractivity contribution in [3.63, 3.8) is 0 Å². The van der Waals surface area contributed by atoms with Crippen molar-refractivity contribution < 1.29 is 0 Å². The van der Waals surface area contributed by atoms with E-state index >= 15 is 0 Å². The monoisotopic (exact) mass is 794 g/mol. The maximum atomic E-state index is 5.09. The van der Waals surface area contributed by atoms with Crippen LogP contribution in [0.4, 0.5) is 11.4 Å². The van der Waals surface area contributed by atoms with Crippen molar-refractivity contribution in [1.82, 2.24) is 14.5 Å². The fourth-order valence-corrected chi connectivity index (χ4v) is 9.89. The topological polar surface area (TPSA) is 34.0 Å². The largest absolute Gasteiger partial charge is 0.333 e. The highest BCUT2D eigenvalue weighted by molar-refractivity contribution is 6.09. The van der Waals surface area contributed by atoms with E-state index in [1.54, 1.807) is 0 Å². The third-order valence-electron chi connectivity index (χ3n) is 12.9. The molecule has 62 heavy (non-hydrogen) atoms. The van der Waals surface area contributed by atoms with E-state index in [0.717, 1.165) is 46.0 Å². The lowest BCUT2D eigenvalue weighted by atomic mass is 9.86. The van der Waals surface area contributed by atoms with Gasteiger partial charge >= 0.3 is 0 Å². The Kier molecular flexibility index (Phi) is 8.74. The van der Waals surface area contributed by atoms with Crippen LogP contribution in [0.25, 0.3) is 66.9 Å². The molecule has 9 aromatic rings. The molecule has 0 amide bonds. The third-order valence-corrected chi connectivity index (χ3v) is 12.9. The van der Waals surface area contributed by atoms with Crippen molar-refractivity contribution in [3.05, 3.63) is 241 Å². The molecule has 3 atom stereocenters. The maximum Gasteiger partial charge on any atom is 0.160 e. The first-order chi connectivity index (χ1) is 30.7. The van der Waals surface area contributed by atoms with Crippen LogP contribution >= 0.6 is 0 Å². The summed E-state index contributed by atoms with van der Waals surface area (Å²) in [5.74, 6) is 0.934. The molecule has 2 aliphatic carbocycles. The first-order valence-electron chi connectivity index (χ1n) is 21.6. The first-order valence-corrected chi connectivity index (χ1v) is 21.6. The maximum absolute atomic E-state index is 5.09. The summed E-state index contributed by atoms with van der Waals surface area (Å²) in [6.45, 7) is 0. The quantitative estimate of drug-likeness (QED) is 0.161. The predicted octanol–water partition coefficient (Wildman–Crippen LogP) is 14.4. The molecule has 0 radical (unpaired) electrons. The molecule has 4 heteroatoms. The number of allylic oxidation sites excluding steroid dienone is 6. The van der Waals surface area contributed by atoms with E-state index in [4.69, 9.17) is 9.97 Å². The number of benzene rings is 7. The number of nitrogens with zero attached hydrogens (tertiary/aromatic N) is 4. The Bertz CT molecular complexity index is 3210. The van der Waals surface area contributed by atoms with Crippen LogP contribution in [0.5, 0.6) is 0 Å². The van der Waals surface area contributed by atoms with Gasteiger partial charge in [-0.15, -0.1) is 0 Å². The summed E-state index contributed by atoms with van der Waals surface area (Å²) < 4.78 is 2.54. The van der Waals surface area contributed by atoms with Gasteiger partial charge in [-0.3, -0.25) is 0 Å². The van der Waals surface area contributed by atoms with E-state index in [2.05, 4.69) is 210 Å². The summed E-state index contributed by atoms with van der Waals surface area (Å²) in [7, 11) is 0. The molecular weight excluding hydrogens is 753 g/mol. The second-order valence-corrected chi connectivity index (χ2v) is 16.5. The van der Waals surface area contributed by atoms with Crippen molar-refractivity contribution in [3.8, 4) is 33.9 Å². The van der Waals surface area contributed by atoms with E-state index in [-0.39, 0.29) is 18.0 Å². The zero-order valence-corrected chi connectivity index (χ0v) is 34.1. The molecule has 3 unspecified atom stereocenters. The summed E-state index contributed by atoms with van der Waals surface area (Å²) in [4.78, 5) is 12.6. The van der Waals surface area contributed by atoms with Gasteiger partial charge in [0.2, 0.25) is 0 Å². The van der Waals surface area contributed by atoms with Crippen LogP contribution in [-0.4, -0.2) is 20.6 Å². The minimum atomic E-state index is 0.160. The Labute approximate surface area is 361 Å². The number of fused-ring (bicyclic) bond motifs is 6. The van der Waals surface area contributed by atoms with Gasteiger partial charge in [-0.2, -0.15) is 0 Å². The van der Waals surface area contributed by atoms with E-state index in [9.17, 15) is 0 Å². The molecule has 0 saturated heterocycles. The average Bonchev–Trinajstić information content (AvgIpc) is 3.87. The standard InChI is InChI=1S/C58H42N4/c1-4-14-39(15-5-1)40-24-30-46(31-25-40)61-54-22-12-10-20-48(54)50-36-44(28-34-56(50)61)45-29-35-57-51(37-45)49-21-11-13-23-55(49)62(57)47-32-26-42(27-33-47)53-38-52(41-16-6-2-7-17-41)59-58(60-53)43-18-8-3-9-19-43/h1-30,32-38,46,51,57H,31H2. The molecule has 2 aromatic heterocycles. The summed E-state index contributed by atoms with van der Waals surface area (Å²) in [5.41, 5.74) is 16.3. The number of anilines is 2. The van der Waals surface area contributed by atoms with Gasteiger partial charge in [0, 0.05) is 55.8 Å². The van der Waals surface area contributed by atoms with Gasteiger partial charge < -0.3 is 9.47 Å². The lowest BCUT2D eigenvalue weighted by Crippen LogP contribution is -2.28. The molecule has 12 rings (SSSR count). The summed E-state index contributed by atoms with van der Waals surface area (Å²) in [6, 6.07) is 67.6. The van der Waals surface area contributed by atoms with Crippen LogP contribution in [0, 0.1) is 0 Å². The normalized spacial score (nSPS) is 17.8. The van der Waals surface area contributed by atoms with Crippen molar-refractivity contribution in [2.24, 2.45) is 0 Å². The van der Waals surface area contributed by atoms with Crippen molar-refractivity contribution >= 4 is 44.3 Å². The number of hydrogen-bond acceptors (Lipinski definition) is 3. The van der Waals surface area contributed by atoms with Crippen LogP contribution in [0.15, 0.2) is 225 Å². The highest BCUT2D eigenvalue weighted by Crippen LogP contribution is 2.50. The SMILES string of the molecule is C1=CC(n2c3ccccc3c3cc(C4=CC5c6ccccc6N(c6ccc(-c7cc(-c8ccccc8)nc(-c8ccccc8)n7)cc6)C5C=C4)ccc32)CC=C1c1ccccc1. The molecule has 0 bridgehead atoms. The van der Waals surface area contributed by atoms with Gasteiger partial charge in [-0.1, -0.05) is 182 Å². The van der Waals surface area contributed by atoms with E-state index < -0.39 is 0 Å². The minimum absolute atomic E-state index is 0.160. The van der Waals surface area contributed by atoms with Crippen LogP contribution in [0.3, 0.4) is 0 Å². The smallest absolute Gasteiger partial charge is 0.160 e. The lowest BCUT2D eigenvalue weighted by molar-refractivity contribution is 0.649. The van der Waals surface area contributed by atoms with Gasteiger partial charge in [-0.05, 0) is 76.7 Å². The van der Waals surface area contributed by atoms with E-state index in [1.807, 2.05) is 24.3 Å². The Hall–Kier alpha value is -7.82. The summed E-state index contributed by atoms with van der Waals surface area (Å²) in [5, 5.41) is 2.59. The molecule has 3 heterocycles. The predicted molar refractivity (Wildman–Crippen MR) is 257 cm³/mol. The van der Waals surface area contributed by atoms with Crippen LogP contribution < -0.4 is 4.90 Å². The molecule has 1 aliphatic heterocycles. The molecule has 7 aromatic carbocycles. The molecule has 0 N–H and O–H groups in total. The number of rotatable bonds is 7. The molecule has 294 valence electrons. The van der Waals surface area contributed by atoms with Crippen molar-refractivity contribution in [2.45, 2.75) is 24.4 Å². The fourth-order valence-electron chi connectivity index (χ4n) is 9.89. The second kappa shape index (κ2) is 15.0. The lowest BCUT2D eigenvalue weighted by Gasteiger charge is -2.30. The first kappa shape index (κ1) is 36.1. The fraction of sp³-hybridized carbons (Fsp3) is 0.0690. The van der Waals surface area contributed by atoms with Crippen molar-refractivity contribution in [1.29, 1.82) is 0 Å². The number of hydrogen-bond donors (Lipinski definition) is 0. The Balaban J connectivity index is 0.862. The van der Waals surface area contributed by atoms with E-state index in [1.165, 1.54) is 55.3 Å². The molecular formula is C58H42N4. The minimum Gasteiger partial charge on any atom is -0.333 e. The Morgan fingerprint density at radius 1 is 0.468 bits per heavy atom. The van der Waals surface area contributed by atoms with Crippen LogP contribution in [-0.2, 0) is 0 Å². The van der Waals surface area contributed by atoms with Crippen LogP contribution in [0.2, 0.25) is 0 Å². The number of aromatic nitrogens is 3. The molecule has 0 spiro atoms. The zero-order valence-electron chi connectivity index (χ0n) is 34.1. The van der Waals surface area contributed by atoms with Gasteiger partial charge in [-0.25, -0.2) is 9.97 Å². The van der Waals surface area contributed by atoms with Crippen LogP contribution in [0.1, 0.15) is 35.1 Å². The van der Waals surface area contributed by atoms with Crippen molar-refractivity contribution in [2.75, 3.05) is 4.90 Å². The Morgan fingerprint density at radius 3 is 1.82 bits per heavy atom. The molecule has 3 aliphatic rings. The zero-order chi connectivity index (χ0) is 41.0. The van der Waals surface area contributed by atoms with Gasteiger partial charge in [0.25, 0.3) is 0 Å². The summed E-state index contributed by atoms with van der Waals surface area (Å²) >= 11 is 0. The van der Waals surface area contributed by atoms with E-state index in [0.29, 0.717) is 0 Å². The third kappa shape index (κ3) is 6.22. The average molecular weight is 795 g/mol. The van der Waals surface area contributed by atoms with Gasteiger partial charge in [0.15, 0.2) is 5.82 Å². The highest BCUT2D eigenvalue weighted by Gasteiger charge is 2.38. The van der Waals surface area contributed by atoms with Gasteiger partial charge in [0.05, 0.1) is 23.5 Å². The Morgan fingerprint density at radius 2 is 1.08 bits per heavy atom. The molecule has 4 nitrogen and oxygen atoms in total. The summed E-state index contributed by atoms with van der Waals surface area (Å²) in [6.07, 6.45) is 15.3.